The number of rotatable bonds is 3. The highest BCUT2D eigenvalue weighted by molar-refractivity contribution is 7.13. The molecule has 1 aliphatic rings. The van der Waals surface area contributed by atoms with Crippen LogP contribution in [-0.2, 0) is 4.79 Å². The van der Waals surface area contributed by atoms with Crippen molar-refractivity contribution in [1.82, 2.24) is 19.9 Å². The predicted molar refractivity (Wildman–Crippen MR) is 88.7 cm³/mol. The monoisotopic (exact) mass is 344 g/mol. The zero-order valence-electron chi connectivity index (χ0n) is 12.5. The molecule has 0 radical (unpaired) electrons. The molecule has 0 bridgehead atoms. The van der Waals surface area contributed by atoms with Crippen molar-refractivity contribution in [2.24, 2.45) is 0 Å². The number of alkyl halides is 1. The van der Waals surface area contributed by atoms with Crippen molar-refractivity contribution >= 4 is 39.1 Å². The molecule has 1 amide bonds. The van der Waals surface area contributed by atoms with Gasteiger partial charge in [0, 0.05) is 36.1 Å². The lowest BCUT2D eigenvalue weighted by Gasteiger charge is -2.21. The molecule has 0 spiro atoms. The van der Waals surface area contributed by atoms with E-state index in [1.54, 1.807) is 34.9 Å². The fourth-order valence-corrected chi connectivity index (χ4v) is 3.30. The van der Waals surface area contributed by atoms with E-state index in [0.29, 0.717) is 23.0 Å². The zero-order valence-corrected chi connectivity index (χ0v) is 13.3. The van der Waals surface area contributed by atoms with Gasteiger partial charge < -0.3 is 4.90 Å². The van der Waals surface area contributed by atoms with E-state index in [1.807, 2.05) is 0 Å². The molecule has 1 atom stereocenters. The number of nitrogens with one attached hydrogen (secondary N) is 1. The van der Waals surface area contributed by atoms with E-state index in [0.717, 1.165) is 5.39 Å². The molecule has 3 aromatic heterocycles. The minimum atomic E-state index is -1.98. The Morgan fingerprint density at radius 3 is 3.08 bits per heavy atom. The minimum absolute atomic E-state index is 0.0569. The number of halogens is 1. The Morgan fingerprint density at radius 2 is 2.25 bits per heavy atom. The molecule has 0 aromatic carbocycles. The molecule has 0 aliphatic carbocycles. The quantitative estimate of drug-likeness (QED) is 0.783. The van der Waals surface area contributed by atoms with Gasteiger partial charge >= 0.3 is 0 Å². The van der Waals surface area contributed by atoms with Crippen LogP contribution in [0.1, 0.15) is 6.42 Å². The Hall–Kier alpha value is -2.68. The highest BCUT2D eigenvalue weighted by Gasteiger charge is 2.46. The number of thiazole rings is 1. The maximum Gasteiger partial charge on any atom is 0.265 e. The molecule has 7 nitrogen and oxygen atoms in total. The van der Waals surface area contributed by atoms with Gasteiger partial charge in [-0.1, -0.05) is 0 Å². The van der Waals surface area contributed by atoms with Gasteiger partial charge in [-0.25, -0.2) is 19.3 Å². The van der Waals surface area contributed by atoms with E-state index < -0.39 is 11.6 Å². The van der Waals surface area contributed by atoms with E-state index >= 15 is 4.39 Å². The number of hydrogen-bond acceptors (Lipinski definition) is 7. The van der Waals surface area contributed by atoms with Crippen LogP contribution in [-0.4, -0.2) is 44.6 Å². The van der Waals surface area contributed by atoms with Crippen molar-refractivity contribution < 1.29 is 9.18 Å². The smallest absolute Gasteiger partial charge is 0.265 e. The van der Waals surface area contributed by atoms with Crippen LogP contribution in [0.15, 0.2) is 36.4 Å². The van der Waals surface area contributed by atoms with Crippen LogP contribution in [0.4, 0.5) is 15.3 Å². The van der Waals surface area contributed by atoms with Crippen molar-refractivity contribution in [2.45, 2.75) is 12.1 Å². The number of carbonyl (C=O) groups excluding carboxylic acids is 1. The van der Waals surface area contributed by atoms with Crippen LogP contribution in [0.25, 0.3) is 10.9 Å². The maximum absolute atomic E-state index is 15.1. The van der Waals surface area contributed by atoms with Crippen LogP contribution in [0.5, 0.6) is 0 Å². The summed E-state index contributed by atoms with van der Waals surface area (Å²) in [6.07, 6.45) is 6.36. The van der Waals surface area contributed by atoms with Gasteiger partial charge in [0.25, 0.3) is 5.91 Å². The molecule has 1 unspecified atom stereocenters. The molecular formula is C15H13FN6OS. The lowest BCUT2D eigenvalue weighted by atomic mass is 10.1. The lowest BCUT2D eigenvalue weighted by Crippen LogP contribution is -2.41. The summed E-state index contributed by atoms with van der Waals surface area (Å²) in [7, 11) is 0. The first-order chi connectivity index (χ1) is 11.7. The molecule has 1 N–H and O–H groups in total. The number of carbonyl (C=O) groups is 1. The van der Waals surface area contributed by atoms with Crippen molar-refractivity contribution in [3.8, 4) is 0 Å². The second-order valence-corrected chi connectivity index (χ2v) is 6.41. The van der Waals surface area contributed by atoms with Gasteiger partial charge in [0.1, 0.15) is 12.1 Å². The highest BCUT2D eigenvalue weighted by atomic mass is 32.1. The number of amides is 1. The van der Waals surface area contributed by atoms with Crippen LogP contribution >= 0.6 is 11.3 Å². The first kappa shape index (κ1) is 14.9. The number of hydrogen-bond donors (Lipinski definition) is 1. The third kappa shape index (κ3) is 2.56. The number of pyridine rings is 1. The molecule has 122 valence electrons. The summed E-state index contributed by atoms with van der Waals surface area (Å²) >= 11 is 1.26. The van der Waals surface area contributed by atoms with Crippen molar-refractivity contribution in [2.75, 3.05) is 23.3 Å². The van der Waals surface area contributed by atoms with Gasteiger partial charge in [-0.2, -0.15) is 0 Å². The van der Waals surface area contributed by atoms with Crippen LogP contribution in [0.3, 0.4) is 0 Å². The molecule has 9 heteroatoms. The van der Waals surface area contributed by atoms with Gasteiger partial charge in [-0.05, 0) is 6.07 Å². The molecule has 4 rings (SSSR count). The number of anilines is 2. The van der Waals surface area contributed by atoms with Gasteiger partial charge in [0.15, 0.2) is 5.13 Å². The fourth-order valence-electron chi connectivity index (χ4n) is 2.78. The van der Waals surface area contributed by atoms with Crippen LogP contribution in [0.2, 0.25) is 0 Å². The lowest BCUT2D eigenvalue weighted by molar-refractivity contribution is -0.126. The molecule has 4 heterocycles. The molecule has 1 saturated heterocycles. The van der Waals surface area contributed by atoms with Crippen molar-refractivity contribution in [3.05, 3.63) is 36.4 Å². The van der Waals surface area contributed by atoms with Crippen molar-refractivity contribution in [1.29, 1.82) is 0 Å². The summed E-state index contributed by atoms with van der Waals surface area (Å²) in [6, 6.07) is 1.79. The Morgan fingerprint density at radius 1 is 1.33 bits per heavy atom. The second-order valence-electron chi connectivity index (χ2n) is 5.52. The number of fused-ring (bicyclic) bond motifs is 1. The molecule has 1 aliphatic heterocycles. The fraction of sp³-hybridized carbons (Fsp3) is 0.267. The summed E-state index contributed by atoms with van der Waals surface area (Å²) in [6.45, 7) is 0.342. The Balaban J connectivity index is 1.58. The molecule has 3 aromatic rings. The Labute approximate surface area is 140 Å². The third-order valence-electron chi connectivity index (χ3n) is 4.00. The summed E-state index contributed by atoms with van der Waals surface area (Å²) in [4.78, 5) is 30.5. The van der Waals surface area contributed by atoms with Crippen LogP contribution in [0, 0.1) is 0 Å². The minimum Gasteiger partial charge on any atom is -0.352 e. The standard InChI is InChI=1S/C15H13FN6OS/c16-15(13(23)21-14-18-4-6-24-14)2-5-22(8-15)12-10-1-3-17-7-11(10)19-9-20-12/h1,3-4,6-7,9H,2,5,8H2,(H,18,21,23). The molecule has 0 saturated carbocycles. The molecule has 24 heavy (non-hydrogen) atoms. The van der Waals surface area contributed by atoms with Gasteiger partial charge in [-0.15, -0.1) is 11.3 Å². The summed E-state index contributed by atoms with van der Waals surface area (Å²) in [5.74, 6) is -0.0519. The zero-order chi connectivity index (χ0) is 16.6. The van der Waals surface area contributed by atoms with E-state index in [4.69, 9.17) is 0 Å². The largest absolute Gasteiger partial charge is 0.352 e. The normalized spacial score (nSPS) is 20.5. The Bertz CT molecular complexity index is 883. The van der Waals surface area contributed by atoms with E-state index in [1.165, 1.54) is 17.7 Å². The highest BCUT2D eigenvalue weighted by Crippen LogP contribution is 2.33. The van der Waals surface area contributed by atoms with E-state index in [-0.39, 0.29) is 13.0 Å². The first-order valence-corrected chi connectivity index (χ1v) is 8.23. The van der Waals surface area contributed by atoms with Gasteiger partial charge in [0.2, 0.25) is 5.67 Å². The molecular weight excluding hydrogens is 331 g/mol. The summed E-state index contributed by atoms with van der Waals surface area (Å²) < 4.78 is 15.1. The maximum atomic E-state index is 15.1. The first-order valence-electron chi connectivity index (χ1n) is 7.35. The topological polar surface area (TPSA) is 83.9 Å². The third-order valence-corrected chi connectivity index (χ3v) is 4.69. The predicted octanol–water partition coefficient (Wildman–Crippen LogP) is 2.04. The SMILES string of the molecule is O=C(Nc1nccs1)C1(F)CCN(c2ncnc3cnccc23)C1. The average Bonchev–Trinajstić information content (AvgIpc) is 3.25. The van der Waals surface area contributed by atoms with E-state index in [2.05, 4.69) is 25.3 Å². The summed E-state index contributed by atoms with van der Waals surface area (Å²) in [5.41, 5.74) is -1.29. The Kier molecular flexibility index (Phi) is 3.57. The average molecular weight is 344 g/mol. The van der Waals surface area contributed by atoms with E-state index in [9.17, 15) is 4.79 Å². The molecule has 1 fully saturated rings. The second kappa shape index (κ2) is 5.75. The number of aromatic nitrogens is 4. The van der Waals surface area contributed by atoms with Crippen LogP contribution < -0.4 is 10.2 Å². The summed E-state index contributed by atoms with van der Waals surface area (Å²) in [5, 5.41) is 5.45. The van der Waals surface area contributed by atoms with Crippen molar-refractivity contribution in [3.63, 3.8) is 0 Å². The van der Waals surface area contributed by atoms with Gasteiger partial charge in [0.05, 0.1) is 18.3 Å². The number of nitrogens with zero attached hydrogens (tertiary/aromatic N) is 5. The van der Waals surface area contributed by atoms with Gasteiger partial charge in [-0.3, -0.25) is 15.1 Å².